The molecular weight excluding hydrogens is 288 g/mol. The van der Waals surface area contributed by atoms with E-state index >= 15 is 0 Å². The van der Waals surface area contributed by atoms with Crippen molar-refractivity contribution in [3.8, 4) is 0 Å². The number of aromatic nitrogens is 2. The quantitative estimate of drug-likeness (QED) is 0.877. The first-order chi connectivity index (χ1) is 10.9. The highest BCUT2D eigenvalue weighted by molar-refractivity contribution is 5.95. The van der Waals surface area contributed by atoms with Crippen LogP contribution in [0.1, 0.15) is 63.5 Å². The molecule has 5 nitrogen and oxygen atoms in total. The second kappa shape index (κ2) is 7.47. The monoisotopic (exact) mass is 320 g/mol. The third kappa shape index (κ3) is 4.34. The van der Waals surface area contributed by atoms with E-state index in [-0.39, 0.29) is 11.4 Å². The van der Waals surface area contributed by atoms with Crippen molar-refractivity contribution >= 4 is 5.91 Å². The van der Waals surface area contributed by atoms with E-state index in [1.165, 1.54) is 19.4 Å². The van der Waals surface area contributed by atoms with E-state index in [9.17, 15) is 4.79 Å². The fourth-order valence-corrected chi connectivity index (χ4v) is 3.41. The topological polar surface area (TPSA) is 50.2 Å². The minimum atomic E-state index is -0.101. The molecule has 2 rings (SSSR count). The number of likely N-dealkylation sites (tertiary alicyclic amines) is 1. The summed E-state index contributed by atoms with van der Waals surface area (Å²) in [6.07, 6.45) is 4.91. The molecule has 1 fully saturated rings. The molecule has 0 unspecified atom stereocenters. The van der Waals surface area contributed by atoms with E-state index in [0.717, 1.165) is 37.3 Å². The molecule has 2 heterocycles. The average Bonchev–Trinajstić information content (AvgIpc) is 3.10. The van der Waals surface area contributed by atoms with E-state index < -0.39 is 0 Å². The van der Waals surface area contributed by atoms with Gasteiger partial charge < -0.3 is 10.2 Å². The van der Waals surface area contributed by atoms with Crippen LogP contribution in [-0.4, -0.2) is 46.8 Å². The molecule has 0 aromatic carbocycles. The highest BCUT2D eigenvalue weighted by atomic mass is 16.1. The molecule has 5 heteroatoms. The number of nitrogens with zero attached hydrogens (tertiary/aromatic N) is 3. The molecule has 0 saturated carbocycles. The molecule has 1 aromatic heterocycles. The van der Waals surface area contributed by atoms with Gasteiger partial charge in [-0.2, -0.15) is 5.10 Å². The second-order valence-corrected chi connectivity index (χ2v) is 7.61. The highest BCUT2D eigenvalue weighted by Crippen LogP contribution is 2.20. The summed E-state index contributed by atoms with van der Waals surface area (Å²) in [7, 11) is 0. The SMILES string of the molecule is CCCN1CC[C@@H](CNC(=O)c2cnn(C(C)(C)C)c2CC)C1. The molecule has 0 bridgehead atoms. The third-order valence-electron chi connectivity index (χ3n) is 4.54. The van der Waals surface area contributed by atoms with Gasteiger partial charge in [-0.25, -0.2) is 0 Å². The molecule has 1 saturated heterocycles. The van der Waals surface area contributed by atoms with Gasteiger partial charge in [-0.15, -0.1) is 0 Å². The summed E-state index contributed by atoms with van der Waals surface area (Å²) in [4.78, 5) is 15.0. The lowest BCUT2D eigenvalue weighted by molar-refractivity contribution is 0.0946. The van der Waals surface area contributed by atoms with Crippen molar-refractivity contribution in [1.29, 1.82) is 0 Å². The van der Waals surface area contributed by atoms with Crippen LogP contribution in [0.3, 0.4) is 0 Å². The molecule has 1 aliphatic heterocycles. The molecule has 1 atom stereocenters. The first kappa shape index (κ1) is 18.0. The molecule has 0 radical (unpaired) electrons. The normalized spacial score (nSPS) is 19.3. The van der Waals surface area contributed by atoms with Gasteiger partial charge in [0.05, 0.1) is 23.0 Å². The molecule has 1 aliphatic rings. The van der Waals surface area contributed by atoms with Gasteiger partial charge in [0.25, 0.3) is 5.91 Å². The van der Waals surface area contributed by atoms with Crippen LogP contribution in [0.5, 0.6) is 0 Å². The predicted molar refractivity (Wildman–Crippen MR) is 93.8 cm³/mol. The Balaban J connectivity index is 1.95. The van der Waals surface area contributed by atoms with Crippen molar-refractivity contribution in [2.75, 3.05) is 26.2 Å². The molecule has 130 valence electrons. The molecule has 1 N–H and O–H groups in total. The number of nitrogens with one attached hydrogen (secondary N) is 1. The fraction of sp³-hybridized carbons (Fsp3) is 0.778. The van der Waals surface area contributed by atoms with Gasteiger partial charge in [0.15, 0.2) is 0 Å². The van der Waals surface area contributed by atoms with Crippen LogP contribution < -0.4 is 5.32 Å². The standard InChI is InChI=1S/C18H32N4O/c1-6-9-21-10-8-14(13-21)11-19-17(23)15-12-20-22(16(15)7-2)18(3,4)5/h12,14H,6-11,13H2,1-5H3,(H,19,23)/t14-/m0/s1. The lowest BCUT2D eigenvalue weighted by Gasteiger charge is -2.22. The van der Waals surface area contributed by atoms with Crippen molar-refractivity contribution in [2.45, 2.75) is 59.4 Å². The molecular formula is C18H32N4O. The third-order valence-corrected chi connectivity index (χ3v) is 4.54. The van der Waals surface area contributed by atoms with Crippen molar-refractivity contribution in [3.05, 3.63) is 17.5 Å². The molecule has 23 heavy (non-hydrogen) atoms. The summed E-state index contributed by atoms with van der Waals surface area (Å²) in [5.41, 5.74) is 1.65. The van der Waals surface area contributed by atoms with Gasteiger partial charge in [0.2, 0.25) is 0 Å². The number of carbonyl (C=O) groups is 1. The number of hydrogen-bond donors (Lipinski definition) is 1. The summed E-state index contributed by atoms with van der Waals surface area (Å²) >= 11 is 0. The van der Waals surface area contributed by atoms with Crippen molar-refractivity contribution in [1.82, 2.24) is 20.0 Å². The Kier molecular flexibility index (Phi) is 5.84. The average molecular weight is 320 g/mol. The fourth-order valence-electron chi connectivity index (χ4n) is 3.41. The molecule has 0 spiro atoms. The molecule has 1 aromatic rings. The van der Waals surface area contributed by atoms with Crippen LogP contribution in [0.4, 0.5) is 0 Å². The maximum absolute atomic E-state index is 12.6. The number of amides is 1. The van der Waals surface area contributed by atoms with E-state index in [0.29, 0.717) is 5.92 Å². The molecule has 1 amide bonds. The first-order valence-corrected chi connectivity index (χ1v) is 8.94. The van der Waals surface area contributed by atoms with E-state index in [1.807, 2.05) is 4.68 Å². The summed E-state index contributed by atoms with van der Waals surface area (Å²) in [6.45, 7) is 14.8. The van der Waals surface area contributed by atoms with Crippen molar-refractivity contribution in [3.63, 3.8) is 0 Å². The minimum absolute atomic E-state index is 0.0197. The van der Waals surface area contributed by atoms with Gasteiger partial charge in [-0.05, 0) is 59.0 Å². The van der Waals surface area contributed by atoms with Crippen LogP contribution in [0.15, 0.2) is 6.20 Å². The van der Waals surface area contributed by atoms with Crippen molar-refractivity contribution in [2.24, 2.45) is 5.92 Å². The van der Waals surface area contributed by atoms with Gasteiger partial charge >= 0.3 is 0 Å². The summed E-state index contributed by atoms with van der Waals surface area (Å²) in [5.74, 6) is 0.597. The largest absolute Gasteiger partial charge is 0.352 e. The number of carbonyl (C=O) groups excluding carboxylic acids is 1. The van der Waals surface area contributed by atoms with E-state index in [1.54, 1.807) is 6.20 Å². The maximum Gasteiger partial charge on any atom is 0.254 e. The van der Waals surface area contributed by atoms with E-state index in [2.05, 4.69) is 49.9 Å². The van der Waals surface area contributed by atoms with Crippen molar-refractivity contribution < 1.29 is 4.79 Å². The predicted octanol–water partition coefficient (Wildman–Crippen LogP) is 2.66. The number of hydrogen-bond acceptors (Lipinski definition) is 3. The Morgan fingerprint density at radius 1 is 1.39 bits per heavy atom. The van der Waals surface area contributed by atoms with E-state index in [4.69, 9.17) is 0 Å². The van der Waals surface area contributed by atoms with Gasteiger partial charge in [0.1, 0.15) is 0 Å². The Labute approximate surface area is 140 Å². The first-order valence-electron chi connectivity index (χ1n) is 8.94. The summed E-state index contributed by atoms with van der Waals surface area (Å²) < 4.78 is 1.97. The molecule has 0 aliphatic carbocycles. The van der Waals surface area contributed by atoms with Crippen LogP contribution in [0.2, 0.25) is 0 Å². The Morgan fingerprint density at radius 2 is 2.13 bits per heavy atom. The van der Waals surface area contributed by atoms with Gasteiger partial charge in [0, 0.05) is 13.1 Å². The van der Waals surface area contributed by atoms with Crippen LogP contribution in [-0.2, 0) is 12.0 Å². The maximum atomic E-state index is 12.6. The summed E-state index contributed by atoms with van der Waals surface area (Å²) in [5, 5.41) is 7.57. The Hall–Kier alpha value is -1.36. The zero-order valence-corrected chi connectivity index (χ0v) is 15.4. The van der Waals surface area contributed by atoms with Gasteiger partial charge in [-0.1, -0.05) is 13.8 Å². The minimum Gasteiger partial charge on any atom is -0.352 e. The lowest BCUT2D eigenvalue weighted by atomic mass is 10.1. The summed E-state index contributed by atoms with van der Waals surface area (Å²) in [6, 6.07) is 0. The van der Waals surface area contributed by atoms with Crippen LogP contribution >= 0.6 is 0 Å². The van der Waals surface area contributed by atoms with Crippen LogP contribution in [0, 0.1) is 5.92 Å². The van der Waals surface area contributed by atoms with Crippen LogP contribution in [0.25, 0.3) is 0 Å². The van der Waals surface area contributed by atoms with Gasteiger partial charge in [-0.3, -0.25) is 9.48 Å². The smallest absolute Gasteiger partial charge is 0.254 e. The second-order valence-electron chi connectivity index (χ2n) is 7.61. The zero-order valence-electron chi connectivity index (χ0n) is 15.4. The zero-order chi connectivity index (χ0) is 17.0. The number of rotatable bonds is 6. The lowest BCUT2D eigenvalue weighted by Crippen LogP contribution is -2.32. The highest BCUT2D eigenvalue weighted by Gasteiger charge is 2.25. The Morgan fingerprint density at radius 3 is 2.74 bits per heavy atom. The Bertz CT molecular complexity index is 530.